The maximum absolute atomic E-state index is 5.49. The van der Waals surface area contributed by atoms with Gasteiger partial charge in [0.05, 0.1) is 7.11 Å². The molecule has 0 amide bonds. The van der Waals surface area contributed by atoms with E-state index >= 15 is 0 Å². The summed E-state index contributed by atoms with van der Waals surface area (Å²) in [4.78, 5) is 9.77. The molecule has 1 heterocycles. The number of guanidine groups is 1. The molecule has 1 aliphatic heterocycles. The predicted molar refractivity (Wildman–Crippen MR) is 114 cm³/mol. The number of rotatable bonds is 8. The SMILES string of the molecule is CCNC(=NCC1CCCN(CC(C)C)C1)N(C)Cc1ccccc1OC. The summed E-state index contributed by atoms with van der Waals surface area (Å²) in [6, 6.07) is 8.19. The molecule has 1 atom stereocenters. The number of ether oxygens (including phenoxy) is 1. The number of hydrogen-bond donors (Lipinski definition) is 1. The van der Waals surface area contributed by atoms with Crippen molar-refractivity contribution in [2.75, 3.05) is 46.9 Å². The van der Waals surface area contributed by atoms with Crippen LogP contribution in [0.1, 0.15) is 39.2 Å². The molecule has 27 heavy (non-hydrogen) atoms. The van der Waals surface area contributed by atoms with Gasteiger partial charge in [-0.05, 0) is 44.2 Å². The van der Waals surface area contributed by atoms with Crippen molar-refractivity contribution in [2.24, 2.45) is 16.8 Å². The van der Waals surface area contributed by atoms with Gasteiger partial charge in [-0.1, -0.05) is 32.0 Å². The number of piperidine rings is 1. The molecule has 2 rings (SSSR count). The third kappa shape index (κ3) is 7.06. The number of nitrogens with one attached hydrogen (secondary N) is 1. The minimum absolute atomic E-state index is 0.658. The molecule has 1 unspecified atom stereocenters. The van der Waals surface area contributed by atoms with E-state index in [2.05, 4.69) is 55.1 Å². The lowest BCUT2D eigenvalue weighted by Gasteiger charge is -2.33. The van der Waals surface area contributed by atoms with Crippen LogP contribution in [0.5, 0.6) is 5.75 Å². The van der Waals surface area contributed by atoms with Crippen LogP contribution >= 0.6 is 0 Å². The van der Waals surface area contributed by atoms with E-state index in [0.29, 0.717) is 5.92 Å². The van der Waals surface area contributed by atoms with Crippen molar-refractivity contribution in [1.82, 2.24) is 15.1 Å². The highest BCUT2D eigenvalue weighted by Crippen LogP contribution is 2.20. The normalized spacial score (nSPS) is 18.6. The van der Waals surface area contributed by atoms with Crippen LogP contribution in [-0.2, 0) is 6.54 Å². The molecular formula is C22H38N4O. The van der Waals surface area contributed by atoms with Crippen LogP contribution in [0.15, 0.2) is 29.3 Å². The summed E-state index contributed by atoms with van der Waals surface area (Å²) in [7, 11) is 3.82. The average molecular weight is 375 g/mol. The smallest absolute Gasteiger partial charge is 0.193 e. The van der Waals surface area contributed by atoms with E-state index in [0.717, 1.165) is 37.3 Å². The summed E-state index contributed by atoms with van der Waals surface area (Å²) in [5.41, 5.74) is 1.17. The first-order valence-corrected chi connectivity index (χ1v) is 10.4. The average Bonchev–Trinajstić information content (AvgIpc) is 2.65. The van der Waals surface area contributed by atoms with E-state index in [1.165, 1.54) is 38.0 Å². The third-order valence-corrected chi connectivity index (χ3v) is 5.02. The van der Waals surface area contributed by atoms with Crippen molar-refractivity contribution in [2.45, 2.75) is 40.2 Å². The Kier molecular flexibility index (Phi) is 8.92. The molecule has 5 nitrogen and oxygen atoms in total. The van der Waals surface area contributed by atoms with E-state index < -0.39 is 0 Å². The topological polar surface area (TPSA) is 40.1 Å². The molecule has 1 aromatic carbocycles. The van der Waals surface area contributed by atoms with Crippen LogP contribution in [0.3, 0.4) is 0 Å². The van der Waals surface area contributed by atoms with E-state index in [1.807, 2.05) is 12.1 Å². The Balaban J connectivity index is 1.98. The lowest BCUT2D eigenvalue weighted by molar-refractivity contribution is 0.162. The largest absolute Gasteiger partial charge is 0.496 e. The molecule has 1 saturated heterocycles. The molecule has 1 N–H and O–H groups in total. The molecule has 0 radical (unpaired) electrons. The van der Waals surface area contributed by atoms with Gasteiger partial charge < -0.3 is 19.9 Å². The van der Waals surface area contributed by atoms with E-state index in [4.69, 9.17) is 9.73 Å². The van der Waals surface area contributed by atoms with Gasteiger partial charge in [-0.2, -0.15) is 0 Å². The molecule has 152 valence electrons. The minimum atomic E-state index is 0.658. The summed E-state index contributed by atoms with van der Waals surface area (Å²) < 4.78 is 5.49. The van der Waals surface area contributed by atoms with Crippen molar-refractivity contribution in [3.05, 3.63) is 29.8 Å². The molecule has 1 aliphatic rings. The predicted octanol–water partition coefficient (Wildman–Crippen LogP) is 3.46. The quantitative estimate of drug-likeness (QED) is 0.559. The molecular weight excluding hydrogens is 336 g/mol. The number of nitrogens with zero attached hydrogens (tertiary/aromatic N) is 3. The molecule has 1 aromatic rings. The van der Waals surface area contributed by atoms with Gasteiger partial charge in [0.15, 0.2) is 5.96 Å². The zero-order chi connectivity index (χ0) is 19.6. The molecule has 0 bridgehead atoms. The maximum atomic E-state index is 5.49. The van der Waals surface area contributed by atoms with Gasteiger partial charge in [-0.3, -0.25) is 4.99 Å². The summed E-state index contributed by atoms with van der Waals surface area (Å²) >= 11 is 0. The van der Waals surface area contributed by atoms with Crippen LogP contribution in [0.25, 0.3) is 0 Å². The van der Waals surface area contributed by atoms with Crippen LogP contribution in [-0.4, -0.2) is 62.6 Å². The Morgan fingerprint density at radius 3 is 2.85 bits per heavy atom. The maximum Gasteiger partial charge on any atom is 0.193 e. The van der Waals surface area contributed by atoms with Gasteiger partial charge >= 0.3 is 0 Å². The first-order chi connectivity index (χ1) is 13.0. The first-order valence-electron chi connectivity index (χ1n) is 10.4. The molecule has 1 fully saturated rings. The molecule has 0 aromatic heterocycles. The van der Waals surface area contributed by atoms with Crippen molar-refractivity contribution in [3.63, 3.8) is 0 Å². The third-order valence-electron chi connectivity index (χ3n) is 5.02. The first kappa shape index (κ1) is 21.5. The lowest BCUT2D eigenvalue weighted by Crippen LogP contribution is -2.41. The van der Waals surface area contributed by atoms with Crippen LogP contribution < -0.4 is 10.1 Å². The fourth-order valence-electron chi connectivity index (χ4n) is 3.83. The molecule has 0 aliphatic carbocycles. The lowest BCUT2D eigenvalue weighted by atomic mass is 9.97. The van der Waals surface area contributed by atoms with E-state index in [9.17, 15) is 0 Å². The Labute approximate surface area is 165 Å². The Bertz CT molecular complexity index is 587. The zero-order valence-corrected chi connectivity index (χ0v) is 17.9. The number of benzene rings is 1. The number of methoxy groups -OCH3 is 1. The molecule has 5 heteroatoms. The fraction of sp³-hybridized carbons (Fsp3) is 0.682. The highest BCUT2D eigenvalue weighted by molar-refractivity contribution is 5.79. The summed E-state index contributed by atoms with van der Waals surface area (Å²) in [6.45, 7) is 12.9. The van der Waals surface area contributed by atoms with Gasteiger partial charge in [-0.25, -0.2) is 0 Å². The van der Waals surface area contributed by atoms with Gasteiger partial charge in [0.25, 0.3) is 0 Å². The number of hydrogen-bond acceptors (Lipinski definition) is 3. The van der Waals surface area contributed by atoms with Gasteiger partial charge in [0.2, 0.25) is 0 Å². The Morgan fingerprint density at radius 1 is 1.37 bits per heavy atom. The monoisotopic (exact) mass is 374 g/mol. The second kappa shape index (κ2) is 11.2. The fourth-order valence-corrected chi connectivity index (χ4v) is 3.83. The van der Waals surface area contributed by atoms with Crippen molar-refractivity contribution >= 4 is 5.96 Å². The summed E-state index contributed by atoms with van der Waals surface area (Å²) in [6.07, 6.45) is 2.58. The number of aliphatic imine (C=N–C) groups is 1. The van der Waals surface area contributed by atoms with Gasteiger partial charge in [0.1, 0.15) is 5.75 Å². The highest BCUT2D eigenvalue weighted by atomic mass is 16.5. The molecule has 0 spiro atoms. The number of likely N-dealkylation sites (tertiary alicyclic amines) is 1. The molecule has 0 saturated carbocycles. The Morgan fingerprint density at radius 2 is 2.15 bits per heavy atom. The van der Waals surface area contributed by atoms with E-state index in [1.54, 1.807) is 7.11 Å². The Hall–Kier alpha value is -1.75. The van der Waals surface area contributed by atoms with Gasteiger partial charge in [-0.15, -0.1) is 0 Å². The van der Waals surface area contributed by atoms with Crippen molar-refractivity contribution in [3.8, 4) is 5.75 Å². The van der Waals surface area contributed by atoms with E-state index in [-0.39, 0.29) is 0 Å². The van der Waals surface area contributed by atoms with Crippen molar-refractivity contribution < 1.29 is 4.74 Å². The second-order valence-electron chi connectivity index (χ2n) is 8.02. The number of para-hydroxylation sites is 1. The summed E-state index contributed by atoms with van der Waals surface area (Å²) in [5.74, 6) is 3.29. The van der Waals surface area contributed by atoms with Crippen LogP contribution in [0.4, 0.5) is 0 Å². The highest BCUT2D eigenvalue weighted by Gasteiger charge is 2.20. The summed E-state index contributed by atoms with van der Waals surface area (Å²) in [5, 5.41) is 3.44. The second-order valence-corrected chi connectivity index (χ2v) is 8.02. The van der Waals surface area contributed by atoms with Crippen molar-refractivity contribution in [1.29, 1.82) is 0 Å². The zero-order valence-electron chi connectivity index (χ0n) is 17.9. The standard InChI is InChI=1S/C22H38N4O/c1-6-23-22(25(4)17-20-11-7-8-12-21(20)27-5)24-14-19-10-9-13-26(16-19)15-18(2)3/h7-8,11-12,18-19H,6,9-10,13-17H2,1-5H3,(H,23,24). The minimum Gasteiger partial charge on any atom is -0.496 e. The van der Waals surface area contributed by atoms with Crippen LogP contribution in [0, 0.1) is 11.8 Å². The van der Waals surface area contributed by atoms with Crippen LogP contribution in [0.2, 0.25) is 0 Å². The van der Waals surface area contributed by atoms with Gasteiger partial charge in [0, 0.05) is 45.3 Å².